The Morgan fingerprint density at radius 1 is 1.45 bits per heavy atom. The third kappa shape index (κ3) is 2.43. The van der Waals surface area contributed by atoms with Gasteiger partial charge in [-0.1, -0.05) is 5.16 Å². The molecule has 0 saturated heterocycles. The van der Waals surface area contributed by atoms with Crippen molar-refractivity contribution < 1.29 is 9.32 Å². The summed E-state index contributed by atoms with van der Waals surface area (Å²) in [6.07, 6.45) is 2.08. The average molecular weight is 271 g/mol. The maximum Gasteiger partial charge on any atom is 0.246 e. The second-order valence-corrected chi connectivity index (χ2v) is 5.16. The first-order chi connectivity index (χ1) is 9.63. The van der Waals surface area contributed by atoms with Crippen LogP contribution in [0.25, 0.3) is 0 Å². The number of hydrogen-bond acceptors (Lipinski definition) is 5. The van der Waals surface area contributed by atoms with Gasteiger partial charge in [0.15, 0.2) is 11.6 Å². The highest BCUT2D eigenvalue weighted by atomic mass is 16.5. The molecule has 5 nitrogen and oxygen atoms in total. The second-order valence-electron chi connectivity index (χ2n) is 5.16. The Hall–Kier alpha value is -2.17. The van der Waals surface area contributed by atoms with E-state index < -0.39 is 0 Å². The number of fused-ring (bicyclic) bond motifs is 1. The minimum Gasteiger partial charge on any atom is -0.362 e. The number of aryl methyl sites for hydroxylation is 2. The van der Waals surface area contributed by atoms with Crippen LogP contribution in [-0.2, 0) is 13.0 Å². The predicted octanol–water partition coefficient (Wildman–Crippen LogP) is 2.53. The Balaban J connectivity index is 1.88. The van der Waals surface area contributed by atoms with Gasteiger partial charge >= 0.3 is 0 Å². The Morgan fingerprint density at radius 3 is 3.00 bits per heavy atom. The standard InChI is InChI=1S/C15H17N3O2/c1-10(19)12-5-6-14-13(8-12)4-3-7-18(14)9-15-16-11(2)17-20-15/h5-6,8H,3-4,7,9H2,1-2H3. The smallest absolute Gasteiger partial charge is 0.246 e. The van der Waals surface area contributed by atoms with Crippen molar-refractivity contribution in [3.63, 3.8) is 0 Å². The topological polar surface area (TPSA) is 59.2 Å². The summed E-state index contributed by atoms with van der Waals surface area (Å²) in [6.45, 7) is 5.00. The maximum absolute atomic E-state index is 11.5. The van der Waals surface area contributed by atoms with Crippen molar-refractivity contribution in [1.29, 1.82) is 0 Å². The molecule has 0 amide bonds. The first kappa shape index (κ1) is 12.8. The van der Waals surface area contributed by atoms with Gasteiger partial charge in [-0.3, -0.25) is 4.79 Å². The number of rotatable bonds is 3. The SMILES string of the molecule is CC(=O)c1ccc2c(c1)CCCN2Cc1nc(C)no1. The minimum atomic E-state index is 0.109. The number of anilines is 1. The lowest BCUT2D eigenvalue weighted by Crippen LogP contribution is -2.29. The number of hydrogen-bond donors (Lipinski definition) is 0. The summed E-state index contributed by atoms with van der Waals surface area (Å²) in [5, 5.41) is 3.82. The quantitative estimate of drug-likeness (QED) is 0.803. The lowest BCUT2D eigenvalue weighted by Gasteiger charge is -2.30. The molecule has 0 radical (unpaired) electrons. The normalized spacial score (nSPS) is 14.2. The van der Waals surface area contributed by atoms with Crippen molar-refractivity contribution in [3.8, 4) is 0 Å². The Morgan fingerprint density at radius 2 is 2.30 bits per heavy atom. The molecule has 104 valence electrons. The van der Waals surface area contributed by atoms with Crippen molar-refractivity contribution in [3.05, 3.63) is 41.0 Å². The van der Waals surface area contributed by atoms with Crippen LogP contribution in [0.3, 0.4) is 0 Å². The fraction of sp³-hybridized carbons (Fsp3) is 0.400. The van der Waals surface area contributed by atoms with E-state index in [1.54, 1.807) is 6.92 Å². The first-order valence-electron chi connectivity index (χ1n) is 6.81. The molecule has 1 aromatic heterocycles. The van der Waals surface area contributed by atoms with Crippen molar-refractivity contribution in [1.82, 2.24) is 10.1 Å². The minimum absolute atomic E-state index is 0.109. The summed E-state index contributed by atoms with van der Waals surface area (Å²) in [5.74, 6) is 1.40. The largest absolute Gasteiger partial charge is 0.362 e. The van der Waals surface area contributed by atoms with E-state index >= 15 is 0 Å². The lowest BCUT2D eigenvalue weighted by molar-refractivity contribution is 0.101. The van der Waals surface area contributed by atoms with Gasteiger partial charge < -0.3 is 9.42 Å². The van der Waals surface area contributed by atoms with Crippen LogP contribution in [0, 0.1) is 6.92 Å². The summed E-state index contributed by atoms with van der Waals surface area (Å²) in [4.78, 5) is 17.9. The lowest BCUT2D eigenvalue weighted by atomic mass is 9.98. The molecule has 1 aromatic carbocycles. The molecule has 2 aromatic rings. The van der Waals surface area contributed by atoms with Gasteiger partial charge in [0, 0.05) is 17.8 Å². The number of aromatic nitrogens is 2. The summed E-state index contributed by atoms with van der Waals surface area (Å²) in [6, 6.07) is 5.91. The molecule has 3 rings (SSSR count). The van der Waals surface area contributed by atoms with E-state index in [1.807, 2.05) is 25.1 Å². The van der Waals surface area contributed by atoms with Gasteiger partial charge in [0.25, 0.3) is 0 Å². The van der Waals surface area contributed by atoms with Gasteiger partial charge in [0.2, 0.25) is 5.89 Å². The van der Waals surface area contributed by atoms with E-state index in [9.17, 15) is 4.79 Å². The second kappa shape index (κ2) is 5.07. The fourth-order valence-electron chi connectivity index (χ4n) is 2.63. The van der Waals surface area contributed by atoms with Gasteiger partial charge in [-0.15, -0.1) is 0 Å². The van der Waals surface area contributed by atoms with E-state index in [2.05, 4.69) is 15.0 Å². The molecule has 0 bridgehead atoms. The molecule has 0 N–H and O–H groups in total. The Labute approximate surface area is 117 Å². The van der Waals surface area contributed by atoms with E-state index in [4.69, 9.17) is 4.52 Å². The van der Waals surface area contributed by atoms with Crippen molar-refractivity contribution in [2.45, 2.75) is 33.2 Å². The number of carbonyl (C=O) groups is 1. The summed E-state index contributed by atoms with van der Waals surface area (Å²) in [5.41, 5.74) is 3.16. The van der Waals surface area contributed by atoms with Crippen LogP contribution < -0.4 is 4.90 Å². The monoisotopic (exact) mass is 271 g/mol. The molecule has 1 aliphatic rings. The maximum atomic E-state index is 11.5. The first-order valence-corrected chi connectivity index (χ1v) is 6.81. The number of carbonyl (C=O) groups excluding carboxylic acids is 1. The zero-order valence-corrected chi connectivity index (χ0v) is 11.7. The highest BCUT2D eigenvalue weighted by Crippen LogP contribution is 2.29. The van der Waals surface area contributed by atoms with Crippen molar-refractivity contribution in [2.24, 2.45) is 0 Å². The van der Waals surface area contributed by atoms with Gasteiger partial charge in [-0.05, 0) is 50.5 Å². The number of Topliss-reactive ketones (excluding diaryl/α,β-unsaturated/α-hetero) is 1. The Kier molecular flexibility index (Phi) is 3.26. The van der Waals surface area contributed by atoms with Crippen LogP contribution in [0.15, 0.2) is 22.7 Å². The molecule has 2 heterocycles. The van der Waals surface area contributed by atoms with Gasteiger partial charge in [-0.25, -0.2) is 0 Å². The summed E-state index contributed by atoms with van der Waals surface area (Å²) >= 11 is 0. The molecular weight excluding hydrogens is 254 g/mol. The molecule has 0 unspecified atom stereocenters. The summed E-state index contributed by atoms with van der Waals surface area (Å²) < 4.78 is 5.19. The molecule has 0 fully saturated rings. The molecule has 0 saturated carbocycles. The van der Waals surface area contributed by atoms with Crippen LogP contribution in [-0.4, -0.2) is 22.5 Å². The molecular formula is C15H17N3O2. The van der Waals surface area contributed by atoms with Crippen LogP contribution in [0.1, 0.15) is 41.0 Å². The van der Waals surface area contributed by atoms with Crippen LogP contribution in [0.2, 0.25) is 0 Å². The highest BCUT2D eigenvalue weighted by Gasteiger charge is 2.19. The van der Waals surface area contributed by atoms with Crippen LogP contribution in [0.5, 0.6) is 0 Å². The molecule has 5 heteroatoms. The molecule has 1 aliphatic heterocycles. The Bertz CT molecular complexity index is 648. The molecule has 0 atom stereocenters. The van der Waals surface area contributed by atoms with Crippen molar-refractivity contribution >= 4 is 11.5 Å². The van der Waals surface area contributed by atoms with Crippen LogP contribution in [0.4, 0.5) is 5.69 Å². The van der Waals surface area contributed by atoms with E-state index in [0.29, 0.717) is 18.3 Å². The van der Waals surface area contributed by atoms with E-state index in [1.165, 1.54) is 5.56 Å². The molecule has 0 aliphatic carbocycles. The van der Waals surface area contributed by atoms with Crippen LogP contribution >= 0.6 is 0 Å². The summed E-state index contributed by atoms with van der Waals surface area (Å²) in [7, 11) is 0. The predicted molar refractivity (Wildman–Crippen MR) is 74.9 cm³/mol. The molecule has 20 heavy (non-hydrogen) atoms. The van der Waals surface area contributed by atoms with Gasteiger partial charge in [-0.2, -0.15) is 4.98 Å². The average Bonchev–Trinajstić information content (AvgIpc) is 2.84. The fourth-order valence-corrected chi connectivity index (χ4v) is 2.63. The van der Waals surface area contributed by atoms with Gasteiger partial charge in [0.1, 0.15) is 0 Å². The zero-order chi connectivity index (χ0) is 14.1. The number of benzene rings is 1. The van der Waals surface area contributed by atoms with Crippen molar-refractivity contribution in [2.75, 3.05) is 11.4 Å². The molecule has 0 spiro atoms. The highest BCUT2D eigenvalue weighted by molar-refractivity contribution is 5.94. The van der Waals surface area contributed by atoms with Gasteiger partial charge in [0.05, 0.1) is 6.54 Å². The number of ketones is 1. The zero-order valence-electron chi connectivity index (χ0n) is 11.7. The van der Waals surface area contributed by atoms with E-state index in [0.717, 1.165) is 30.6 Å². The third-order valence-electron chi connectivity index (χ3n) is 3.60. The number of nitrogens with zero attached hydrogens (tertiary/aromatic N) is 3. The van der Waals surface area contributed by atoms with E-state index in [-0.39, 0.29) is 5.78 Å². The third-order valence-corrected chi connectivity index (χ3v) is 3.60.